The summed E-state index contributed by atoms with van der Waals surface area (Å²) in [5, 5.41) is 2.94. The quantitative estimate of drug-likeness (QED) is 0.589. The number of benzene rings is 2. The van der Waals surface area contributed by atoms with Crippen LogP contribution in [0.4, 0.5) is 5.69 Å². The van der Waals surface area contributed by atoms with E-state index < -0.39 is 10.0 Å². The van der Waals surface area contributed by atoms with Crippen LogP contribution in [0.3, 0.4) is 0 Å². The number of amides is 1. The summed E-state index contributed by atoms with van der Waals surface area (Å²) >= 11 is 1.07. The van der Waals surface area contributed by atoms with Crippen LogP contribution in [0.15, 0.2) is 52.2 Å². The number of carbonyl (C=O) groups excluding carboxylic acids is 1. The Morgan fingerprint density at radius 1 is 1.16 bits per heavy atom. The van der Waals surface area contributed by atoms with Crippen LogP contribution in [0.1, 0.15) is 31.7 Å². The van der Waals surface area contributed by atoms with Crippen LogP contribution in [-0.2, 0) is 21.4 Å². The predicted octanol–water partition coefficient (Wildman–Crippen LogP) is 3.82. The zero-order chi connectivity index (χ0) is 22.9. The lowest BCUT2D eigenvalue weighted by Crippen LogP contribution is -2.41. The first kappa shape index (κ1) is 22.7. The standard InChI is InChI=1S/C23H27N3O4S2/c1-3-11-26-20-8-7-19(15-21(20)31-23(26)28)32(29,30)25-12-9-17(10-13-25)22(27)24-18-6-4-5-16(2)14-18/h4-8,14-15,17H,3,9-13H2,1-2H3,(H,24,27). The number of rotatable bonds is 6. The van der Waals surface area contributed by atoms with Gasteiger partial charge in [-0.05, 0) is 62.1 Å². The van der Waals surface area contributed by atoms with Crippen LogP contribution in [0, 0.1) is 12.8 Å². The van der Waals surface area contributed by atoms with Crippen LogP contribution in [0.2, 0.25) is 0 Å². The van der Waals surface area contributed by atoms with Crippen molar-refractivity contribution in [1.82, 2.24) is 8.87 Å². The molecule has 0 saturated carbocycles. The Morgan fingerprint density at radius 2 is 1.91 bits per heavy atom. The molecule has 0 bridgehead atoms. The van der Waals surface area contributed by atoms with E-state index in [1.165, 1.54) is 4.31 Å². The first-order chi connectivity index (χ1) is 15.3. The van der Waals surface area contributed by atoms with Gasteiger partial charge in [-0.25, -0.2) is 8.42 Å². The van der Waals surface area contributed by atoms with Gasteiger partial charge in [0, 0.05) is 31.2 Å². The van der Waals surface area contributed by atoms with Gasteiger partial charge in [-0.2, -0.15) is 4.31 Å². The topological polar surface area (TPSA) is 88.5 Å². The molecule has 1 aliphatic heterocycles. The monoisotopic (exact) mass is 473 g/mol. The molecule has 0 atom stereocenters. The molecule has 9 heteroatoms. The molecule has 2 aromatic carbocycles. The Labute approximate surface area is 191 Å². The molecule has 4 rings (SSSR count). The van der Waals surface area contributed by atoms with E-state index in [0.717, 1.165) is 34.5 Å². The number of nitrogens with one attached hydrogen (secondary N) is 1. The molecule has 1 saturated heterocycles. The minimum Gasteiger partial charge on any atom is -0.326 e. The minimum atomic E-state index is -3.69. The summed E-state index contributed by atoms with van der Waals surface area (Å²) in [6.07, 6.45) is 1.77. The zero-order valence-electron chi connectivity index (χ0n) is 18.2. The highest BCUT2D eigenvalue weighted by atomic mass is 32.2. The largest absolute Gasteiger partial charge is 0.326 e. The summed E-state index contributed by atoms with van der Waals surface area (Å²) in [6.45, 7) is 5.16. The van der Waals surface area contributed by atoms with E-state index in [-0.39, 0.29) is 21.6 Å². The SMILES string of the molecule is CCCn1c(=O)sc2cc(S(=O)(=O)N3CCC(C(=O)Nc4cccc(C)c4)CC3)ccc21. The van der Waals surface area contributed by atoms with Crippen LogP contribution in [0.25, 0.3) is 10.2 Å². The van der Waals surface area contributed by atoms with Gasteiger partial charge in [0.25, 0.3) is 0 Å². The summed E-state index contributed by atoms with van der Waals surface area (Å²) < 4.78 is 30.2. The summed E-state index contributed by atoms with van der Waals surface area (Å²) in [7, 11) is -3.69. The van der Waals surface area contributed by atoms with E-state index in [4.69, 9.17) is 0 Å². The molecule has 1 N–H and O–H groups in total. The van der Waals surface area contributed by atoms with Gasteiger partial charge < -0.3 is 5.32 Å². The normalized spacial score (nSPS) is 15.8. The summed E-state index contributed by atoms with van der Waals surface area (Å²) in [5.41, 5.74) is 2.59. The fraction of sp³-hybridized carbons (Fsp3) is 0.391. The number of piperidine rings is 1. The molecule has 32 heavy (non-hydrogen) atoms. The molecule has 0 spiro atoms. The van der Waals surface area contributed by atoms with E-state index in [9.17, 15) is 18.0 Å². The maximum Gasteiger partial charge on any atom is 0.308 e. The number of fused-ring (bicyclic) bond motifs is 1. The molecule has 170 valence electrons. The molecule has 0 aliphatic carbocycles. The lowest BCUT2D eigenvalue weighted by atomic mass is 9.97. The van der Waals surface area contributed by atoms with Gasteiger partial charge in [0.1, 0.15) is 0 Å². The first-order valence-electron chi connectivity index (χ1n) is 10.8. The van der Waals surface area contributed by atoms with Crippen molar-refractivity contribution in [2.45, 2.75) is 44.6 Å². The predicted molar refractivity (Wildman–Crippen MR) is 128 cm³/mol. The highest BCUT2D eigenvalue weighted by molar-refractivity contribution is 7.89. The van der Waals surface area contributed by atoms with Gasteiger partial charge >= 0.3 is 4.87 Å². The molecule has 0 unspecified atom stereocenters. The second-order valence-corrected chi connectivity index (χ2v) is 11.1. The molecular weight excluding hydrogens is 446 g/mol. The third-order valence-corrected chi connectivity index (χ3v) is 8.67. The lowest BCUT2D eigenvalue weighted by Gasteiger charge is -2.30. The van der Waals surface area contributed by atoms with Gasteiger partial charge in [-0.3, -0.25) is 14.2 Å². The maximum atomic E-state index is 13.2. The molecule has 1 amide bonds. The minimum absolute atomic E-state index is 0.0724. The molecule has 7 nitrogen and oxygen atoms in total. The fourth-order valence-corrected chi connectivity index (χ4v) is 6.64. The Hall–Kier alpha value is -2.49. The van der Waals surface area contributed by atoms with Gasteiger partial charge in [0.05, 0.1) is 15.1 Å². The highest BCUT2D eigenvalue weighted by Gasteiger charge is 2.32. The summed E-state index contributed by atoms with van der Waals surface area (Å²) in [6, 6.07) is 12.5. The van der Waals surface area contributed by atoms with Crippen LogP contribution in [-0.4, -0.2) is 36.3 Å². The number of sulfonamides is 1. The number of aryl methyl sites for hydroxylation is 2. The molecule has 1 aliphatic rings. The van der Waals surface area contributed by atoms with E-state index in [1.807, 2.05) is 38.1 Å². The molecule has 3 aromatic rings. The average Bonchev–Trinajstić information content (AvgIpc) is 3.08. The van der Waals surface area contributed by atoms with Crippen molar-refractivity contribution in [2.75, 3.05) is 18.4 Å². The number of carbonyl (C=O) groups is 1. The van der Waals surface area contributed by atoms with Crippen molar-refractivity contribution in [1.29, 1.82) is 0 Å². The number of anilines is 1. The Kier molecular flexibility index (Phi) is 6.50. The number of aromatic nitrogens is 1. The second-order valence-electron chi connectivity index (χ2n) is 8.19. The third kappa shape index (κ3) is 4.51. The third-order valence-electron chi connectivity index (χ3n) is 5.84. The van der Waals surface area contributed by atoms with Crippen molar-refractivity contribution < 1.29 is 13.2 Å². The molecule has 0 radical (unpaired) electrons. The van der Waals surface area contributed by atoms with Gasteiger partial charge in [0.15, 0.2) is 0 Å². The van der Waals surface area contributed by atoms with E-state index in [1.54, 1.807) is 22.8 Å². The fourth-order valence-electron chi connectivity index (χ4n) is 4.12. The average molecular weight is 474 g/mol. The van der Waals surface area contributed by atoms with Crippen LogP contribution in [0.5, 0.6) is 0 Å². The Balaban J connectivity index is 1.45. The summed E-state index contributed by atoms with van der Waals surface area (Å²) in [5.74, 6) is -0.297. The molecular formula is C23H27N3O4S2. The van der Waals surface area contributed by atoms with Gasteiger partial charge in [-0.1, -0.05) is 30.4 Å². The van der Waals surface area contributed by atoms with Gasteiger partial charge in [0.2, 0.25) is 15.9 Å². The summed E-state index contributed by atoms with van der Waals surface area (Å²) in [4.78, 5) is 25.0. The number of nitrogens with zero attached hydrogens (tertiary/aromatic N) is 2. The molecule has 1 fully saturated rings. The Morgan fingerprint density at radius 3 is 2.59 bits per heavy atom. The van der Waals surface area contributed by atoms with E-state index in [2.05, 4.69) is 5.32 Å². The van der Waals surface area contributed by atoms with Crippen LogP contribution >= 0.6 is 11.3 Å². The van der Waals surface area contributed by atoms with E-state index in [0.29, 0.717) is 37.2 Å². The smallest absolute Gasteiger partial charge is 0.308 e. The number of hydrogen-bond donors (Lipinski definition) is 1. The maximum absolute atomic E-state index is 13.2. The lowest BCUT2D eigenvalue weighted by molar-refractivity contribution is -0.120. The number of thiazole rings is 1. The second kappa shape index (κ2) is 9.17. The highest BCUT2D eigenvalue weighted by Crippen LogP contribution is 2.28. The van der Waals surface area contributed by atoms with Gasteiger partial charge in [-0.15, -0.1) is 0 Å². The van der Waals surface area contributed by atoms with E-state index >= 15 is 0 Å². The van der Waals surface area contributed by atoms with Crippen LogP contribution < -0.4 is 10.2 Å². The molecule has 1 aromatic heterocycles. The first-order valence-corrected chi connectivity index (χ1v) is 13.1. The molecule has 2 heterocycles. The Bertz CT molecular complexity index is 1300. The number of hydrogen-bond acceptors (Lipinski definition) is 5. The van der Waals surface area contributed by atoms with Crippen molar-refractivity contribution >= 4 is 43.2 Å². The van der Waals surface area contributed by atoms with Crippen molar-refractivity contribution in [3.8, 4) is 0 Å². The zero-order valence-corrected chi connectivity index (χ0v) is 19.8. The van der Waals surface area contributed by atoms with Crippen molar-refractivity contribution in [2.24, 2.45) is 5.92 Å². The van der Waals surface area contributed by atoms with Crippen molar-refractivity contribution in [3.05, 3.63) is 57.7 Å². The van der Waals surface area contributed by atoms with Crippen molar-refractivity contribution in [3.63, 3.8) is 0 Å².